The van der Waals surface area contributed by atoms with Gasteiger partial charge in [0.15, 0.2) is 11.5 Å². The Labute approximate surface area is 167 Å². The largest absolute Gasteiger partial charge is 0.370 e. The van der Waals surface area contributed by atoms with Crippen LogP contribution in [0.5, 0.6) is 0 Å². The van der Waals surface area contributed by atoms with Gasteiger partial charge in [-0.15, -0.1) is 0 Å². The van der Waals surface area contributed by atoms with Gasteiger partial charge in [-0.05, 0) is 56.8 Å². The Morgan fingerprint density at radius 1 is 1.04 bits per heavy atom. The number of pyridine rings is 1. The van der Waals surface area contributed by atoms with Crippen LogP contribution in [0.4, 0.5) is 5.69 Å². The molecule has 2 aromatic heterocycles. The van der Waals surface area contributed by atoms with E-state index >= 15 is 0 Å². The lowest BCUT2D eigenvalue weighted by atomic mass is 9.97. The van der Waals surface area contributed by atoms with E-state index in [1.54, 1.807) is 0 Å². The average molecular weight is 376 g/mol. The Morgan fingerprint density at radius 2 is 1.93 bits per heavy atom. The van der Waals surface area contributed by atoms with Gasteiger partial charge >= 0.3 is 0 Å². The highest BCUT2D eigenvalue weighted by Gasteiger charge is 2.25. The first kappa shape index (κ1) is 17.7. The van der Waals surface area contributed by atoms with Crippen molar-refractivity contribution in [3.05, 3.63) is 59.5 Å². The van der Waals surface area contributed by atoms with Crippen LogP contribution in [-0.2, 0) is 6.54 Å². The number of piperidine rings is 1. The van der Waals surface area contributed by atoms with Crippen LogP contribution >= 0.6 is 0 Å². The summed E-state index contributed by atoms with van der Waals surface area (Å²) in [5.74, 6) is 1.43. The van der Waals surface area contributed by atoms with Gasteiger partial charge in [-0.25, -0.2) is 9.50 Å². The maximum Gasteiger partial charge on any atom is 0.156 e. The van der Waals surface area contributed by atoms with Gasteiger partial charge in [0.25, 0.3) is 0 Å². The lowest BCUT2D eigenvalue weighted by Crippen LogP contribution is -2.34. The van der Waals surface area contributed by atoms with Gasteiger partial charge in [0, 0.05) is 32.1 Å². The zero-order valence-electron chi connectivity index (χ0n) is 16.7. The zero-order chi connectivity index (χ0) is 18.9. The fraction of sp³-hybridized carbons (Fsp3) is 0.478. The van der Waals surface area contributed by atoms with Gasteiger partial charge < -0.3 is 4.90 Å². The summed E-state index contributed by atoms with van der Waals surface area (Å²) >= 11 is 0. The van der Waals surface area contributed by atoms with E-state index in [9.17, 15) is 0 Å². The first-order chi connectivity index (χ1) is 13.7. The number of nitrogens with zero attached hydrogens (tertiary/aromatic N) is 5. The average Bonchev–Trinajstić information content (AvgIpc) is 3.37. The van der Waals surface area contributed by atoms with Crippen molar-refractivity contribution in [2.75, 3.05) is 31.1 Å². The van der Waals surface area contributed by atoms with Gasteiger partial charge in [0.05, 0.1) is 11.9 Å². The van der Waals surface area contributed by atoms with Gasteiger partial charge in [0.2, 0.25) is 0 Å². The van der Waals surface area contributed by atoms with E-state index in [0.717, 1.165) is 44.2 Å². The molecule has 5 nitrogen and oxygen atoms in total. The van der Waals surface area contributed by atoms with Gasteiger partial charge in [-0.2, -0.15) is 5.10 Å². The number of rotatable bonds is 4. The Morgan fingerprint density at radius 3 is 2.79 bits per heavy atom. The predicted molar refractivity (Wildman–Crippen MR) is 113 cm³/mol. The molecule has 1 aromatic carbocycles. The highest BCUT2D eigenvalue weighted by molar-refractivity contribution is 5.52. The van der Waals surface area contributed by atoms with Gasteiger partial charge in [-0.3, -0.25) is 4.90 Å². The van der Waals surface area contributed by atoms with Crippen molar-refractivity contribution in [1.29, 1.82) is 0 Å². The summed E-state index contributed by atoms with van der Waals surface area (Å²) in [4.78, 5) is 9.88. The fourth-order valence-corrected chi connectivity index (χ4v) is 4.70. The minimum atomic E-state index is 0.425. The van der Waals surface area contributed by atoms with E-state index in [4.69, 9.17) is 10.1 Å². The number of anilines is 1. The van der Waals surface area contributed by atoms with Crippen LogP contribution in [0.15, 0.2) is 42.6 Å². The number of benzene rings is 1. The molecule has 1 atom stereocenters. The molecule has 4 heterocycles. The summed E-state index contributed by atoms with van der Waals surface area (Å²) < 4.78 is 1.99. The van der Waals surface area contributed by atoms with Crippen LogP contribution < -0.4 is 4.90 Å². The molecule has 0 radical (unpaired) electrons. The number of fused-ring (bicyclic) bond motifs is 1. The molecule has 5 heteroatoms. The number of aryl methyl sites for hydroxylation is 1. The Kier molecular flexibility index (Phi) is 4.77. The molecule has 146 valence electrons. The molecule has 3 aromatic rings. The minimum Gasteiger partial charge on any atom is -0.370 e. The smallest absolute Gasteiger partial charge is 0.156 e. The van der Waals surface area contributed by atoms with Crippen LogP contribution in [0.1, 0.15) is 48.6 Å². The number of hydrogen-bond donors (Lipinski definition) is 0. The quantitative estimate of drug-likeness (QED) is 0.690. The first-order valence-corrected chi connectivity index (χ1v) is 10.6. The maximum atomic E-state index is 4.88. The van der Waals surface area contributed by atoms with Crippen molar-refractivity contribution in [2.45, 2.75) is 45.1 Å². The summed E-state index contributed by atoms with van der Waals surface area (Å²) in [6.45, 7) is 7.71. The third kappa shape index (κ3) is 3.63. The topological polar surface area (TPSA) is 36.7 Å². The van der Waals surface area contributed by atoms with E-state index in [0.29, 0.717) is 5.92 Å². The van der Waals surface area contributed by atoms with Crippen LogP contribution in [0.2, 0.25) is 0 Å². The van der Waals surface area contributed by atoms with Crippen LogP contribution in [0.25, 0.3) is 5.65 Å². The summed E-state index contributed by atoms with van der Waals surface area (Å²) in [7, 11) is 0. The summed E-state index contributed by atoms with van der Waals surface area (Å²) in [5.41, 5.74) is 4.97. The second-order valence-electron chi connectivity index (χ2n) is 8.42. The van der Waals surface area contributed by atoms with Crippen molar-refractivity contribution in [1.82, 2.24) is 19.5 Å². The maximum absolute atomic E-state index is 4.88. The van der Waals surface area contributed by atoms with Gasteiger partial charge in [-0.1, -0.05) is 29.8 Å². The highest BCUT2D eigenvalue weighted by atomic mass is 15.3. The van der Waals surface area contributed by atoms with Crippen molar-refractivity contribution < 1.29 is 0 Å². The van der Waals surface area contributed by atoms with Crippen molar-refractivity contribution in [2.24, 2.45) is 0 Å². The molecule has 5 rings (SSSR count). The number of aromatic nitrogens is 3. The molecule has 0 aliphatic carbocycles. The molecule has 0 bridgehead atoms. The molecule has 2 aliphatic rings. The molecular weight excluding hydrogens is 346 g/mol. The van der Waals surface area contributed by atoms with Crippen LogP contribution in [0.3, 0.4) is 0 Å². The molecule has 1 unspecified atom stereocenters. The molecule has 2 fully saturated rings. The van der Waals surface area contributed by atoms with E-state index in [2.05, 4.69) is 59.3 Å². The van der Waals surface area contributed by atoms with Crippen LogP contribution in [0, 0.1) is 6.92 Å². The monoisotopic (exact) mass is 375 g/mol. The standard InChI is InChI=1S/C23H29N5/c1-18-6-4-7-19(14-18)15-26-11-5-8-20(16-26)23-24-22-10-9-21(17-28(22)25-23)27-12-2-3-13-27/h4,6-7,9-10,14,17,20H,2-3,5,8,11-13,15-16H2,1H3. The Balaban J connectivity index is 1.32. The molecule has 0 N–H and O–H groups in total. The zero-order valence-corrected chi connectivity index (χ0v) is 16.7. The van der Waals surface area contributed by atoms with E-state index < -0.39 is 0 Å². The van der Waals surface area contributed by atoms with Crippen molar-refractivity contribution in [3.8, 4) is 0 Å². The first-order valence-electron chi connectivity index (χ1n) is 10.6. The fourth-order valence-electron chi connectivity index (χ4n) is 4.70. The Hall–Kier alpha value is -2.40. The molecule has 28 heavy (non-hydrogen) atoms. The molecule has 2 aliphatic heterocycles. The third-order valence-corrected chi connectivity index (χ3v) is 6.16. The number of likely N-dealkylation sites (tertiary alicyclic amines) is 1. The molecule has 2 saturated heterocycles. The summed E-state index contributed by atoms with van der Waals surface area (Å²) in [6, 6.07) is 13.2. The molecule has 0 spiro atoms. The van der Waals surface area contributed by atoms with E-state index in [1.807, 2.05) is 4.52 Å². The Bertz CT molecular complexity index is 957. The SMILES string of the molecule is Cc1cccc(CN2CCCC(c3nc4ccc(N5CCCC5)cn4n3)C2)c1. The summed E-state index contributed by atoms with van der Waals surface area (Å²) in [5, 5.41) is 4.88. The molecular formula is C23H29N5. The van der Waals surface area contributed by atoms with Gasteiger partial charge in [0.1, 0.15) is 0 Å². The molecule has 0 amide bonds. The minimum absolute atomic E-state index is 0.425. The number of hydrogen-bond acceptors (Lipinski definition) is 4. The van der Waals surface area contributed by atoms with Crippen molar-refractivity contribution >= 4 is 11.3 Å². The van der Waals surface area contributed by atoms with Crippen molar-refractivity contribution in [3.63, 3.8) is 0 Å². The van der Waals surface area contributed by atoms with Crippen LogP contribution in [-0.4, -0.2) is 45.7 Å². The van der Waals surface area contributed by atoms with E-state index in [1.165, 1.54) is 42.5 Å². The summed E-state index contributed by atoms with van der Waals surface area (Å²) in [6.07, 6.45) is 7.13. The lowest BCUT2D eigenvalue weighted by Gasteiger charge is -2.31. The predicted octanol–water partition coefficient (Wildman–Crippen LogP) is 4.02. The van der Waals surface area contributed by atoms with E-state index in [-0.39, 0.29) is 0 Å². The normalized spacial score (nSPS) is 20.9. The molecule has 0 saturated carbocycles. The second-order valence-corrected chi connectivity index (χ2v) is 8.42. The lowest BCUT2D eigenvalue weighted by molar-refractivity contribution is 0.196. The highest BCUT2D eigenvalue weighted by Crippen LogP contribution is 2.27. The third-order valence-electron chi connectivity index (χ3n) is 6.16. The second kappa shape index (κ2) is 7.55.